The Kier molecular flexibility index (Phi) is 10.9. The molecule has 3 atom stereocenters. The molecule has 0 fully saturated rings. The molecule has 0 amide bonds. The van der Waals surface area contributed by atoms with E-state index in [2.05, 4.69) is 198 Å². The van der Waals surface area contributed by atoms with Crippen molar-refractivity contribution >= 4 is 32.3 Å². The molecule has 0 saturated heterocycles. The Bertz CT molecular complexity index is 2510. The third-order valence-corrected chi connectivity index (χ3v) is 11.4. The van der Waals surface area contributed by atoms with Crippen molar-refractivity contribution in [3.63, 3.8) is 0 Å². The lowest BCUT2D eigenvalue weighted by Gasteiger charge is -2.31. The summed E-state index contributed by atoms with van der Waals surface area (Å²) in [6.45, 7) is 17.6. The van der Waals surface area contributed by atoms with Gasteiger partial charge in [0.1, 0.15) is 0 Å². The number of hydrogen-bond donors (Lipinski definition) is 0. The lowest BCUT2D eigenvalue weighted by molar-refractivity contribution is 0.386. The van der Waals surface area contributed by atoms with Gasteiger partial charge in [0.25, 0.3) is 0 Å². The normalized spacial score (nSPS) is 12.9. The van der Waals surface area contributed by atoms with E-state index in [-0.39, 0.29) is 0 Å². The molecule has 0 heteroatoms. The zero-order valence-corrected chi connectivity index (χ0v) is 32.7. The molecular formula is C54H52. The summed E-state index contributed by atoms with van der Waals surface area (Å²) in [6, 6.07) is 58.4. The van der Waals surface area contributed by atoms with Gasteiger partial charge in [0, 0.05) is 0 Å². The fraction of sp³-hybridized carbons (Fsp3) is 0.185. The molecule has 0 aliphatic rings. The maximum Gasteiger partial charge on any atom is -0.00237 e. The molecule has 0 bridgehead atoms. The fourth-order valence-electron chi connectivity index (χ4n) is 8.77. The van der Waals surface area contributed by atoms with Crippen LogP contribution in [0.5, 0.6) is 0 Å². The molecule has 0 heterocycles. The fourth-order valence-corrected chi connectivity index (χ4v) is 8.77. The van der Waals surface area contributed by atoms with Gasteiger partial charge in [-0.3, -0.25) is 0 Å². The first kappa shape index (κ1) is 36.6. The average molecular weight is 701 g/mol. The standard InChI is InChI=1S/C52H46.C2H6/c1-6-34(2)50(49-33-42(26-24-35(49)3)39-16-8-7-9-17-39)37(5)31-38-25-29-44(36(4)30-38)52-47-22-14-12-20-45(47)51(46-21-13-15-23-48(46)52)43-28-27-40-18-10-11-19-41(40)32-43;1-2/h6-30,32-34,37,50H,1,31H2,2-5H3;1-2H3/t34?,37-,50?;/m0./s1. The predicted molar refractivity (Wildman–Crippen MR) is 238 cm³/mol. The Morgan fingerprint density at radius 2 is 1.07 bits per heavy atom. The largest absolute Gasteiger partial charge is 0.103 e. The van der Waals surface area contributed by atoms with E-state index in [1.165, 1.54) is 88.0 Å². The third kappa shape index (κ3) is 7.02. The first-order chi connectivity index (χ1) is 26.4. The number of hydrogen-bond acceptors (Lipinski definition) is 0. The lowest BCUT2D eigenvalue weighted by Crippen LogP contribution is -2.20. The number of fused-ring (bicyclic) bond motifs is 3. The molecule has 0 radical (unpaired) electrons. The number of aryl methyl sites for hydroxylation is 2. The number of rotatable bonds is 9. The van der Waals surface area contributed by atoms with Crippen LogP contribution in [0.3, 0.4) is 0 Å². The number of benzene rings is 8. The highest BCUT2D eigenvalue weighted by molar-refractivity contribution is 6.22. The van der Waals surface area contributed by atoms with Gasteiger partial charge in [-0.15, -0.1) is 6.58 Å². The van der Waals surface area contributed by atoms with Crippen molar-refractivity contribution in [3.05, 3.63) is 193 Å². The van der Waals surface area contributed by atoms with Crippen LogP contribution >= 0.6 is 0 Å². The molecule has 8 aromatic carbocycles. The van der Waals surface area contributed by atoms with Gasteiger partial charge in [-0.05, 0) is 132 Å². The van der Waals surface area contributed by atoms with Crippen LogP contribution in [0.1, 0.15) is 55.9 Å². The minimum absolute atomic E-state index is 0.346. The molecule has 54 heavy (non-hydrogen) atoms. The second-order valence-corrected chi connectivity index (χ2v) is 14.8. The Labute approximate surface area is 322 Å². The average Bonchev–Trinajstić information content (AvgIpc) is 3.22. The van der Waals surface area contributed by atoms with Crippen LogP contribution in [0.15, 0.2) is 170 Å². The van der Waals surface area contributed by atoms with E-state index >= 15 is 0 Å². The smallest absolute Gasteiger partial charge is 0.00237 e. The Hall–Kier alpha value is -5.72. The summed E-state index contributed by atoms with van der Waals surface area (Å²) in [5.74, 6) is 1.13. The summed E-state index contributed by atoms with van der Waals surface area (Å²) in [5, 5.41) is 7.70. The molecule has 8 aromatic rings. The summed E-state index contributed by atoms with van der Waals surface area (Å²) < 4.78 is 0. The van der Waals surface area contributed by atoms with Gasteiger partial charge < -0.3 is 0 Å². The molecule has 0 saturated carbocycles. The summed E-state index contributed by atoms with van der Waals surface area (Å²) in [4.78, 5) is 0. The van der Waals surface area contributed by atoms with Gasteiger partial charge in [-0.25, -0.2) is 0 Å². The Balaban J connectivity index is 0.00000221. The molecule has 8 rings (SSSR count). The lowest BCUT2D eigenvalue weighted by atomic mass is 9.74. The maximum atomic E-state index is 4.25. The molecule has 2 unspecified atom stereocenters. The van der Waals surface area contributed by atoms with Crippen molar-refractivity contribution in [2.45, 2.75) is 53.9 Å². The van der Waals surface area contributed by atoms with Crippen LogP contribution in [0.25, 0.3) is 65.7 Å². The Morgan fingerprint density at radius 3 is 1.70 bits per heavy atom. The van der Waals surface area contributed by atoms with Crippen molar-refractivity contribution in [1.82, 2.24) is 0 Å². The first-order valence-corrected chi connectivity index (χ1v) is 19.7. The van der Waals surface area contributed by atoms with Gasteiger partial charge in [0.2, 0.25) is 0 Å². The zero-order valence-electron chi connectivity index (χ0n) is 32.7. The van der Waals surface area contributed by atoms with Gasteiger partial charge >= 0.3 is 0 Å². The van der Waals surface area contributed by atoms with Crippen LogP contribution in [0.4, 0.5) is 0 Å². The first-order valence-electron chi connectivity index (χ1n) is 19.7. The third-order valence-electron chi connectivity index (χ3n) is 11.4. The van der Waals surface area contributed by atoms with Crippen LogP contribution in [-0.2, 0) is 6.42 Å². The van der Waals surface area contributed by atoms with Crippen molar-refractivity contribution in [2.75, 3.05) is 0 Å². The number of allylic oxidation sites excluding steroid dienone is 1. The van der Waals surface area contributed by atoms with Gasteiger partial charge in [0.05, 0.1) is 0 Å². The van der Waals surface area contributed by atoms with Crippen molar-refractivity contribution < 1.29 is 0 Å². The van der Waals surface area contributed by atoms with E-state index in [4.69, 9.17) is 0 Å². The van der Waals surface area contributed by atoms with E-state index in [0.717, 1.165) is 6.42 Å². The zero-order chi connectivity index (χ0) is 37.8. The summed E-state index contributed by atoms with van der Waals surface area (Å²) in [5.41, 5.74) is 13.2. The summed E-state index contributed by atoms with van der Waals surface area (Å²) in [7, 11) is 0. The van der Waals surface area contributed by atoms with E-state index < -0.39 is 0 Å². The minimum atomic E-state index is 0.346. The van der Waals surface area contributed by atoms with Crippen molar-refractivity contribution in [1.29, 1.82) is 0 Å². The maximum absolute atomic E-state index is 4.25. The van der Waals surface area contributed by atoms with E-state index in [1.54, 1.807) is 0 Å². The molecule has 0 nitrogen and oxygen atoms in total. The van der Waals surface area contributed by atoms with E-state index in [1.807, 2.05) is 13.8 Å². The minimum Gasteiger partial charge on any atom is -0.103 e. The molecule has 0 aliphatic carbocycles. The van der Waals surface area contributed by atoms with Crippen molar-refractivity contribution in [2.24, 2.45) is 11.8 Å². The Morgan fingerprint density at radius 1 is 0.500 bits per heavy atom. The van der Waals surface area contributed by atoms with Crippen LogP contribution in [0, 0.1) is 25.7 Å². The molecule has 0 aliphatic heterocycles. The van der Waals surface area contributed by atoms with Gasteiger partial charge in [0.15, 0.2) is 0 Å². The van der Waals surface area contributed by atoms with E-state index in [9.17, 15) is 0 Å². The predicted octanol–water partition coefficient (Wildman–Crippen LogP) is 15.6. The molecular weight excluding hydrogens is 649 g/mol. The highest BCUT2D eigenvalue weighted by atomic mass is 14.3. The summed E-state index contributed by atoms with van der Waals surface area (Å²) >= 11 is 0. The topological polar surface area (TPSA) is 0 Å². The molecule has 0 aromatic heterocycles. The molecule has 0 spiro atoms. The van der Waals surface area contributed by atoms with Crippen LogP contribution in [-0.4, -0.2) is 0 Å². The monoisotopic (exact) mass is 700 g/mol. The SMILES string of the molecule is C=CC(C)C(c1cc(-c2ccccc2)ccc1C)[C@@H](C)Cc1ccc(-c2c3ccccc3c(-c3ccc4ccccc4c3)c3ccccc23)c(C)c1.CC. The second-order valence-electron chi connectivity index (χ2n) is 14.8. The van der Waals surface area contributed by atoms with E-state index in [0.29, 0.717) is 17.8 Å². The van der Waals surface area contributed by atoms with Crippen LogP contribution in [0.2, 0.25) is 0 Å². The second kappa shape index (κ2) is 16.1. The van der Waals surface area contributed by atoms with Gasteiger partial charge in [-0.1, -0.05) is 185 Å². The molecule has 268 valence electrons. The van der Waals surface area contributed by atoms with Crippen molar-refractivity contribution in [3.8, 4) is 33.4 Å². The summed E-state index contributed by atoms with van der Waals surface area (Å²) in [6.07, 6.45) is 3.14. The van der Waals surface area contributed by atoms with Crippen LogP contribution < -0.4 is 0 Å². The molecule has 0 N–H and O–H groups in total. The van der Waals surface area contributed by atoms with Gasteiger partial charge in [-0.2, -0.15) is 0 Å². The highest BCUT2D eigenvalue weighted by Gasteiger charge is 2.26. The highest BCUT2D eigenvalue weighted by Crippen LogP contribution is 2.45. The quantitative estimate of drug-likeness (QED) is 0.104.